The molecule has 12 nitrogen and oxygen atoms in total. The Bertz CT molecular complexity index is 1980. The molecule has 0 bridgehead atoms. The second-order valence-corrected chi connectivity index (χ2v) is 12.5. The van der Waals surface area contributed by atoms with Crippen LogP contribution in [-0.2, 0) is 15.4 Å². The van der Waals surface area contributed by atoms with Crippen LogP contribution in [0.15, 0.2) is 96.4 Å². The van der Waals surface area contributed by atoms with Crippen molar-refractivity contribution >= 4 is 15.8 Å². The first-order valence-corrected chi connectivity index (χ1v) is 15.9. The molecule has 0 radical (unpaired) electrons. The molecular weight excluding hydrogens is 620 g/mol. The van der Waals surface area contributed by atoms with Crippen molar-refractivity contribution in [2.45, 2.75) is 31.1 Å². The molecule has 1 N–H and O–H groups in total. The van der Waals surface area contributed by atoms with E-state index in [-0.39, 0.29) is 58.6 Å². The number of rotatable bonds is 11. The predicted molar refractivity (Wildman–Crippen MR) is 175 cm³/mol. The van der Waals surface area contributed by atoms with Crippen molar-refractivity contribution in [3.63, 3.8) is 0 Å². The van der Waals surface area contributed by atoms with Gasteiger partial charge in [-0.1, -0.05) is 56.9 Å². The van der Waals surface area contributed by atoms with Crippen LogP contribution in [0.3, 0.4) is 0 Å². The van der Waals surface area contributed by atoms with Gasteiger partial charge in [0.05, 0.1) is 12.0 Å². The molecule has 0 spiro atoms. The predicted octanol–water partition coefficient (Wildman–Crippen LogP) is 5.69. The fraction of sp³-hybridized carbons (Fsp3) is 0.206. The smallest absolute Gasteiger partial charge is 0.317 e. The van der Waals surface area contributed by atoms with Crippen molar-refractivity contribution in [3.8, 4) is 52.4 Å². The quantitative estimate of drug-likeness (QED) is 0.176. The highest BCUT2D eigenvalue weighted by Crippen LogP contribution is 2.41. The van der Waals surface area contributed by atoms with Crippen molar-refractivity contribution in [3.05, 3.63) is 97.1 Å². The Morgan fingerprint density at radius 3 is 2.11 bits per heavy atom. The summed E-state index contributed by atoms with van der Waals surface area (Å²) in [6.07, 6.45) is 6.26. The monoisotopic (exact) mass is 652 g/mol. The number of sulfonamides is 1. The number of pyridine rings is 1. The lowest BCUT2D eigenvalue weighted by atomic mass is 9.87. The number of benzene rings is 2. The second-order valence-electron chi connectivity index (χ2n) is 10.9. The summed E-state index contributed by atoms with van der Waals surface area (Å²) < 4.78 is 53.2. The van der Waals surface area contributed by atoms with Crippen LogP contribution in [0.5, 0.6) is 29.1 Å². The maximum atomic E-state index is 13.7. The molecule has 0 saturated carbocycles. The minimum atomic E-state index is -4.16. The standard InChI is InChI=1S/C34H32N6O6S/c1-34(2,3)25-12-14-26(15-13-25)47(41,42)40-31-29(46-28-11-6-5-10-27(28)43-4)32(39-30(38-31)24-16-20-35-21-17-24)44-22-7-8-23-45-33-36-18-9-19-37-33/h5-6,9-21H,22-23H2,1-4H3,(H,38,39,40). The Balaban J connectivity index is 1.54. The third kappa shape index (κ3) is 8.50. The molecule has 0 atom stereocenters. The summed E-state index contributed by atoms with van der Waals surface area (Å²) in [6.45, 7) is 6.02. The van der Waals surface area contributed by atoms with Crippen molar-refractivity contribution in [2.75, 3.05) is 25.0 Å². The van der Waals surface area contributed by atoms with E-state index in [1.54, 1.807) is 91.5 Å². The highest BCUT2D eigenvalue weighted by Gasteiger charge is 2.26. The molecule has 2 aromatic carbocycles. The summed E-state index contributed by atoms with van der Waals surface area (Å²) >= 11 is 0. The first-order chi connectivity index (χ1) is 22.6. The summed E-state index contributed by atoms with van der Waals surface area (Å²) in [4.78, 5) is 21.2. The minimum Gasteiger partial charge on any atom is -0.493 e. The van der Waals surface area contributed by atoms with Gasteiger partial charge in [-0.2, -0.15) is 4.98 Å². The fourth-order valence-corrected chi connectivity index (χ4v) is 5.12. The number of ether oxygens (including phenoxy) is 4. The van der Waals surface area contributed by atoms with Crippen LogP contribution < -0.4 is 23.7 Å². The molecule has 0 unspecified atom stereocenters. The largest absolute Gasteiger partial charge is 0.493 e. The Morgan fingerprint density at radius 2 is 1.45 bits per heavy atom. The molecule has 0 fully saturated rings. The molecule has 3 heterocycles. The Labute approximate surface area is 273 Å². The molecule has 3 aromatic heterocycles. The molecule has 0 aliphatic heterocycles. The van der Waals surface area contributed by atoms with Gasteiger partial charge in [-0.05, 0) is 53.4 Å². The van der Waals surface area contributed by atoms with E-state index < -0.39 is 10.0 Å². The third-order valence-corrected chi connectivity index (χ3v) is 7.89. The zero-order valence-electron chi connectivity index (χ0n) is 26.2. The van der Waals surface area contributed by atoms with Crippen molar-refractivity contribution in [2.24, 2.45) is 0 Å². The molecule has 5 aromatic rings. The van der Waals surface area contributed by atoms with Crippen molar-refractivity contribution < 1.29 is 27.4 Å². The average molecular weight is 653 g/mol. The number of nitrogens with one attached hydrogen (secondary N) is 1. The van der Waals surface area contributed by atoms with Crippen LogP contribution in [0.25, 0.3) is 11.4 Å². The van der Waals surface area contributed by atoms with E-state index in [1.807, 2.05) is 20.8 Å². The minimum absolute atomic E-state index is 0.0169. The summed E-state index contributed by atoms with van der Waals surface area (Å²) in [5.41, 5.74) is 1.39. The summed E-state index contributed by atoms with van der Waals surface area (Å²) in [5.74, 6) is 6.17. The van der Waals surface area contributed by atoms with Crippen LogP contribution in [0, 0.1) is 11.8 Å². The lowest BCUT2D eigenvalue weighted by Gasteiger charge is -2.20. The van der Waals surface area contributed by atoms with E-state index in [9.17, 15) is 8.42 Å². The Hall–Kier alpha value is -5.74. The molecular formula is C34H32N6O6S. The van der Waals surface area contributed by atoms with Gasteiger partial charge in [0.25, 0.3) is 15.9 Å². The molecule has 47 heavy (non-hydrogen) atoms. The van der Waals surface area contributed by atoms with Crippen LogP contribution in [0.2, 0.25) is 0 Å². The zero-order valence-corrected chi connectivity index (χ0v) is 27.0. The Morgan fingerprint density at radius 1 is 0.787 bits per heavy atom. The van der Waals surface area contributed by atoms with Gasteiger partial charge in [0, 0.05) is 30.4 Å². The molecule has 0 aliphatic carbocycles. The second kappa shape index (κ2) is 14.6. The van der Waals surface area contributed by atoms with Gasteiger partial charge in [-0.3, -0.25) is 9.71 Å². The van der Waals surface area contributed by atoms with Gasteiger partial charge in [-0.25, -0.2) is 23.4 Å². The van der Waals surface area contributed by atoms with Gasteiger partial charge >= 0.3 is 6.01 Å². The van der Waals surface area contributed by atoms with Gasteiger partial charge in [0.1, 0.15) is 0 Å². The lowest BCUT2D eigenvalue weighted by Crippen LogP contribution is -2.17. The first-order valence-electron chi connectivity index (χ1n) is 14.4. The number of hydrogen-bond acceptors (Lipinski definition) is 11. The average Bonchev–Trinajstić information content (AvgIpc) is 3.08. The van der Waals surface area contributed by atoms with E-state index in [1.165, 1.54) is 7.11 Å². The lowest BCUT2D eigenvalue weighted by molar-refractivity contribution is 0.322. The zero-order chi connectivity index (χ0) is 33.3. The summed E-state index contributed by atoms with van der Waals surface area (Å²) in [7, 11) is -2.66. The van der Waals surface area contributed by atoms with Crippen LogP contribution in [0.4, 0.5) is 5.82 Å². The maximum Gasteiger partial charge on any atom is 0.317 e. The van der Waals surface area contributed by atoms with E-state index >= 15 is 0 Å². The van der Waals surface area contributed by atoms with Crippen molar-refractivity contribution in [1.82, 2.24) is 24.9 Å². The van der Waals surface area contributed by atoms with E-state index in [0.29, 0.717) is 11.3 Å². The maximum absolute atomic E-state index is 13.7. The number of para-hydroxylation sites is 2. The molecule has 13 heteroatoms. The van der Waals surface area contributed by atoms with Crippen LogP contribution in [0.1, 0.15) is 26.3 Å². The normalized spacial score (nSPS) is 11.1. The molecule has 0 amide bonds. The van der Waals surface area contributed by atoms with E-state index in [2.05, 4.69) is 41.5 Å². The molecule has 5 rings (SSSR count). The van der Waals surface area contributed by atoms with Gasteiger partial charge < -0.3 is 18.9 Å². The summed E-state index contributed by atoms with van der Waals surface area (Å²) in [5, 5.41) is 0. The number of methoxy groups -OCH3 is 1. The number of anilines is 1. The van der Waals surface area contributed by atoms with Crippen molar-refractivity contribution in [1.29, 1.82) is 0 Å². The van der Waals surface area contributed by atoms with Crippen LogP contribution in [-0.4, -0.2) is 53.7 Å². The highest BCUT2D eigenvalue weighted by atomic mass is 32.2. The Kier molecular flexibility index (Phi) is 10.1. The molecule has 0 aliphatic rings. The third-order valence-electron chi connectivity index (χ3n) is 6.54. The molecule has 0 saturated heterocycles. The fourth-order valence-electron chi connectivity index (χ4n) is 4.12. The first kappa shape index (κ1) is 32.6. The number of nitrogens with zero attached hydrogens (tertiary/aromatic N) is 5. The summed E-state index contributed by atoms with van der Waals surface area (Å²) in [6, 6.07) is 18.8. The number of aromatic nitrogens is 5. The van der Waals surface area contributed by atoms with Gasteiger partial charge in [0.15, 0.2) is 36.4 Å². The van der Waals surface area contributed by atoms with E-state index in [0.717, 1.165) is 5.56 Å². The molecule has 240 valence electrons. The number of hydrogen-bond donors (Lipinski definition) is 1. The van der Waals surface area contributed by atoms with Gasteiger partial charge in [0.2, 0.25) is 5.75 Å². The van der Waals surface area contributed by atoms with E-state index in [4.69, 9.17) is 18.9 Å². The SMILES string of the molecule is COc1ccccc1Oc1c(NS(=O)(=O)c2ccc(C(C)(C)C)cc2)nc(-c2ccncc2)nc1OCC#CCOc1ncccn1. The topological polar surface area (TPSA) is 148 Å². The van der Waals surface area contributed by atoms with Crippen LogP contribution >= 0.6 is 0 Å². The van der Waals surface area contributed by atoms with Gasteiger partial charge in [-0.15, -0.1) is 0 Å². The highest BCUT2D eigenvalue weighted by molar-refractivity contribution is 7.92.